The number of hydrogen-bond acceptors (Lipinski definition) is 6. The van der Waals surface area contributed by atoms with Gasteiger partial charge in [0, 0.05) is 29.0 Å². The summed E-state index contributed by atoms with van der Waals surface area (Å²) in [5, 5.41) is 3.96. The summed E-state index contributed by atoms with van der Waals surface area (Å²) in [4.78, 5) is 10.6. The zero-order chi connectivity index (χ0) is 21.1. The molecular weight excluding hydrogens is 394 g/mol. The molecule has 0 atom stereocenters. The van der Waals surface area contributed by atoms with Crippen molar-refractivity contribution in [1.29, 1.82) is 0 Å². The Kier molecular flexibility index (Phi) is 5.77. The molecule has 0 aliphatic carbocycles. The van der Waals surface area contributed by atoms with E-state index in [0.29, 0.717) is 17.4 Å². The lowest BCUT2D eigenvalue weighted by Gasteiger charge is -2.13. The Bertz CT molecular complexity index is 1210. The second kappa shape index (κ2) is 8.63. The van der Waals surface area contributed by atoms with Crippen molar-refractivity contribution >= 4 is 28.6 Å². The van der Waals surface area contributed by atoms with E-state index in [9.17, 15) is 0 Å². The van der Waals surface area contributed by atoms with Gasteiger partial charge in [0.2, 0.25) is 5.95 Å². The van der Waals surface area contributed by atoms with Gasteiger partial charge in [0.15, 0.2) is 11.5 Å². The first-order chi connectivity index (χ1) is 14.7. The molecule has 0 amide bonds. The van der Waals surface area contributed by atoms with E-state index in [0.717, 1.165) is 27.7 Å². The lowest BCUT2D eigenvalue weighted by Crippen LogP contribution is -2.00. The lowest BCUT2D eigenvalue weighted by atomic mass is 9.99. The molecule has 0 saturated carbocycles. The van der Waals surface area contributed by atoms with E-state index in [1.54, 1.807) is 26.0 Å². The van der Waals surface area contributed by atoms with E-state index < -0.39 is 0 Å². The molecule has 1 aromatic heterocycles. The average molecular weight is 418 g/mol. The molecule has 0 aliphatic rings. The number of fused-ring (bicyclic) bond motifs is 1. The Morgan fingerprint density at radius 2 is 1.47 bits per heavy atom. The van der Waals surface area contributed by atoms with Gasteiger partial charge in [-0.05, 0) is 41.6 Å². The topological polar surface area (TPSA) is 56.3 Å². The third kappa shape index (κ3) is 3.78. The number of anilines is 1. The number of rotatable bonds is 6. The van der Waals surface area contributed by atoms with Crippen molar-refractivity contribution in [3.8, 4) is 33.9 Å². The van der Waals surface area contributed by atoms with Crippen LogP contribution >= 0.6 is 11.8 Å². The second-order valence-electron chi connectivity index (χ2n) is 6.68. The van der Waals surface area contributed by atoms with Gasteiger partial charge in [0.1, 0.15) is 0 Å². The molecule has 4 rings (SSSR count). The summed E-state index contributed by atoms with van der Waals surface area (Å²) in [5.74, 6) is 1.84. The molecule has 0 aliphatic heterocycles. The number of aromatic nitrogens is 2. The fourth-order valence-electron chi connectivity index (χ4n) is 3.44. The van der Waals surface area contributed by atoms with Crippen LogP contribution in [0, 0.1) is 0 Å². The Labute approximate surface area is 180 Å². The largest absolute Gasteiger partial charge is 0.493 e. The van der Waals surface area contributed by atoms with Crippen molar-refractivity contribution in [3.63, 3.8) is 0 Å². The van der Waals surface area contributed by atoms with Gasteiger partial charge in [-0.1, -0.05) is 30.3 Å². The number of nitrogens with zero attached hydrogens (tertiary/aromatic N) is 2. The Morgan fingerprint density at radius 3 is 2.17 bits per heavy atom. The van der Waals surface area contributed by atoms with E-state index in [1.165, 1.54) is 10.5 Å². The number of thioether (sulfide) groups is 1. The number of hydrogen-bond donors (Lipinski definition) is 1. The molecule has 0 bridgehead atoms. The summed E-state index contributed by atoms with van der Waals surface area (Å²) >= 11 is 1.74. The van der Waals surface area contributed by atoms with Crippen LogP contribution in [0.3, 0.4) is 0 Å². The van der Waals surface area contributed by atoms with Crippen LogP contribution in [0.15, 0.2) is 65.6 Å². The van der Waals surface area contributed by atoms with Gasteiger partial charge < -0.3 is 14.8 Å². The van der Waals surface area contributed by atoms with Gasteiger partial charge in [-0.3, -0.25) is 0 Å². The van der Waals surface area contributed by atoms with Gasteiger partial charge in [0.25, 0.3) is 0 Å². The highest BCUT2D eigenvalue weighted by atomic mass is 32.2. The fourth-order valence-corrected chi connectivity index (χ4v) is 3.90. The highest BCUT2D eigenvalue weighted by molar-refractivity contribution is 7.98. The maximum atomic E-state index is 5.51. The maximum Gasteiger partial charge on any atom is 0.223 e. The lowest BCUT2D eigenvalue weighted by molar-refractivity contribution is 0.356. The third-order valence-electron chi connectivity index (χ3n) is 4.96. The Hall–Kier alpha value is -3.25. The van der Waals surface area contributed by atoms with Crippen LogP contribution in [0.25, 0.3) is 33.3 Å². The number of benzene rings is 3. The minimum absolute atomic E-state index is 0.555. The monoisotopic (exact) mass is 417 g/mol. The molecule has 0 saturated heterocycles. The predicted molar refractivity (Wildman–Crippen MR) is 125 cm³/mol. The molecule has 6 heteroatoms. The van der Waals surface area contributed by atoms with Gasteiger partial charge in [-0.2, -0.15) is 0 Å². The fraction of sp³-hybridized carbons (Fsp3) is 0.167. The molecule has 0 radical (unpaired) electrons. The number of nitrogens with one attached hydrogen (secondary N) is 1. The van der Waals surface area contributed by atoms with Crippen molar-refractivity contribution in [2.24, 2.45) is 0 Å². The standard InChI is InChI=1S/C24H23N3O2S/c1-25-24-26-20-14-22(29-3)21(28-2)13-19(20)23(27-24)17-9-5-7-15(11-17)16-8-6-10-18(12-16)30-4/h5-14H,1-4H3,(H,25,26,27). The van der Waals surface area contributed by atoms with Crippen molar-refractivity contribution < 1.29 is 9.47 Å². The third-order valence-corrected chi connectivity index (χ3v) is 5.69. The summed E-state index contributed by atoms with van der Waals surface area (Å²) in [7, 11) is 5.07. The average Bonchev–Trinajstić information content (AvgIpc) is 2.82. The summed E-state index contributed by atoms with van der Waals surface area (Å²) in [6.45, 7) is 0. The first-order valence-electron chi connectivity index (χ1n) is 9.53. The molecule has 0 spiro atoms. The van der Waals surface area contributed by atoms with E-state index in [2.05, 4.69) is 65.1 Å². The predicted octanol–water partition coefficient (Wildman–Crippen LogP) is 5.74. The zero-order valence-corrected chi connectivity index (χ0v) is 18.2. The van der Waals surface area contributed by atoms with Crippen LogP contribution in [0.5, 0.6) is 11.5 Å². The molecule has 1 heterocycles. The summed E-state index contributed by atoms with van der Waals surface area (Å²) in [6.07, 6.45) is 2.09. The maximum absolute atomic E-state index is 5.51. The molecule has 30 heavy (non-hydrogen) atoms. The zero-order valence-electron chi connectivity index (χ0n) is 17.4. The SMILES string of the molecule is CNc1nc(-c2cccc(-c3cccc(SC)c3)c2)c2cc(OC)c(OC)cc2n1. The summed E-state index contributed by atoms with van der Waals surface area (Å²) < 4.78 is 11.0. The number of ether oxygens (including phenoxy) is 2. The molecule has 152 valence electrons. The van der Waals surface area contributed by atoms with Gasteiger partial charge in [0.05, 0.1) is 25.4 Å². The summed E-state index contributed by atoms with van der Waals surface area (Å²) in [6, 6.07) is 20.8. The number of methoxy groups -OCH3 is 2. The van der Waals surface area contributed by atoms with E-state index in [1.807, 2.05) is 19.2 Å². The minimum Gasteiger partial charge on any atom is -0.493 e. The smallest absolute Gasteiger partial charge is 0.223 e. The normalized spacial score (nSPS) is 10.8. The molecule has 0 unspecified atom stereocenters. The quantitative estimate of drug-likeness (QED) is 0.404. The van der Waals surface area contributed by atoms with Gasteiger partial charge in [-0.15, -0.1) is 11.8 Å². The van der Waals surface area contributed by atoms with E-state index in [-0.39, 0.29) is 0 Å². The van der Waals surface area contributed by atoms with Crippen molar-refractivity contribution in [2.75, 3.05) is 32.8 Å². The minimum atomic E-state index is 0.555. The van der Waals surface area contributed by atoms with Crippen LogP contribution in [0.2, 0.25) is 0 Å². The second-order valence-corrected chi connectivity index (χ2v) is 7.56. The van der Waals surface area contributed by atoms with Crippen LogP contribution in [0.4, 0.5) is 5.95 Å². The molecule has 3 aromatic carbocycles. The molecule has 5 nitrogen and oxygen atoms in total. The molecular formula is C24H23N3O2S. The Morgan fingerprint density at radius 1 is 0.800 bits per heavy atom. The van der Waals surface area contributed by atoms with Gasteiger partial charge in [-0.25, -0.2) is 9.97 Å². The van der Waals surface area contributed by atoms with Crippen LogP contribution in [0.1, 0.15) is 0 Å². The highest BCUT2D eigenvalue weighted by Gasteiger charge is 2.15. The van der Waals surface area contributed by atoms with E-state index in [4.69, 9.17) is 14.5 Å². The van der Waals surface area contributed by atoms with Crippen LogP contribution in [-0.2, 0) is 0 Å². The first-order valence-corrected chi connectivity index (χ1v) is 10.8. The van der Waals surface area contributed by atoms with Crippen LogP contribution < -0.4 is 14.8 Å². The highest BCUT2D eigenvalue weighted by Crippen LogP contribution is 2.37. The Balaban J connectivity index is 1.92. The van der Waals surface area contributed by atoms with Crippen molar-refractivity contribution in [3.05, 3.63) is 60.7 Å². The van der Waals surface area contributed by atoms with Crippen molar-refractivity contribution in [2.45, 2.75) is 4.90 Å². The van der Waals surface area contributed by atoms with Crippen LogP contribution in [-0.4, -0.2) is 37.5 Å². The van der Waals surface area contributed by atoms with E-state index >= 15 is 0 Å². The molecule has 4 aromatic rings. The molecule has 0 fully saturated rings. The first kappa shape index (κ1) is 20.0. The van der Waals surface area contributed by atoms with Crippen molar-refractivity contribution in [1.82, 2.24) is 9.97 Å². The molecule has 1 N–H and O–H groups in total. The summed E-state index contributed by atoms with van der Waals surface area (Å²) in [5.41, 5.74) is 4.96. The van der Waals surface area contributed by atoms with Gasteiger partial charge >= 0.3 is 0 Å².